The monoisotopic (exact) mass is 376 g/mol. The quantitative estimate of drug-likeness (QED) is 0.880. The van der Waals surface area contributed by atoms with Crippen molar-refractivity contribution in [1.29, 1.82) is 0 Å². The highest BCUT2D eigenvalue weighted by Crippen LogP contribution is 2.37. The molecule has 3 rings (SSSR count). The molecule has 1 atom stereocenters. The molecule has 0 bridgehead atoms. The second-order valence-electron chi connectivity index (χ2n) is 6.06. The van der Waals surface area contributed by atoms with Gasteiger partial charge in [0.05, 0.1) is 0 Å². The minimum atomic E-state index is 0. The SMILES string of the molecule is CC1(CN)CCN(Cc2cc3c(cc2Br)OCCO3)C1.Cl. The molecule has 1 aromatic carbocycles. The number of nitrogens with two attached hydrogens (primary N) is 1. The first kappa shape index (κ1) is 16.9. The fourth-order valence-electron chi connectivity index (χ4n) is 2.90. The second kappa shape index (κ2) is 6.73. The Morgan fingerprint density at radius 1 is 1.29 bits per heavy atom. The number of rotatable bonds is 3. The molecule has 0 aliphatic carbocycles. The number of hydrogen-bond acceptors (Lipinski definition) is 4. The summed E-state index contributed by atoms with van der Waals surface area (Å²) in [5, 5.41) is 0. The van der Waals surface area contributed by atoms with Gasteiger partial charge in [-0.1, -0.05) is 22.9 Å². The van der Waals surface area contributed by atoms with Crippen LogP contribution in [0, 0.1) is 5.41 Å². The summed E-state index contributed by atoms with van der Waals surface area (Å²) >= 11 is 3.64. The van der Waals surface area contributed by atoms with Gasteiger partial charge in [-0.05, 0) is 42.6 Å². The van der Waals surface area contributed by atoms with Crippen LogP contribution in [-0.4, -0.2) is 37.7 Å². The van der Waals surface area contributed by atoms with Crippen molar-refractivity contribution in [3.63, 3.8) is 0 Å². The van der Waals surface area contributed by atoms with Gasteiger partial charge >= 0.3 is 0 Å². The van der Waals surface area contributed by atoms with E-state index in [-0.39, 0.29) is 17.8 Å². The first-order valence-corrected chi connectivity index (χ1v) is 7.89. The molecule has 0 amide bonds. The summed E-state index contributed by atoms with van der Waals surface area (Å²) in [5.41, 5.74) is 7.38. The molecule has 0 spiro atoms. The van der Waals surface area contributed by atoms with E-state index in [2.05, 4.69) is 33.8 Å². The molecular weight excluding hydrogens is 356 g/mol. The van der Waals surface area contributed by atoms with Crippen molar-refractivity contribution in [1.82, 2.24) is 4.90 Å². The fraction of sp³-hybridized carbons (Fsp3) is 0.600. The van der Waals surface area contributed by atoms with E-state index in [0.717, 1.165) is 42.2 Å². The molecule has 0 aromatic heterocycles. The zero-order chi connectivity index (χ0) is 14.2. The van der Waals surface area contributed by atoms with Crippen LogP contribution >= 0.6 is 28.3 Å². The normalized spacial score (nSPS) is 24.7. The third-order valence-corrected chi connectivity index (χ3v) is 4.97. The maximum Gasteiger partial charge on any atom is 0.162 e. The second-order valence-corrected chi connectivity index (χ2v) is 6.92. The van der Waals surface area contributed by atoms with Crippen LogP contribution in [0.15, 0.2) is 16.6 Å². The van der Waals surface area contributed by atoms with Crippen LogP contribution in [-0.2, 0) is 6.54 Å². The lowest BCUT2D eigenvalue weighted by Crippen LogP contribution is -2.31. The van der Waals surface area contributed by atoms with Crippen LogP contribution in [0.1, 0.15) is 18.9 Å². The highest BCUT2D eigenvalue weighted by atomic mass is 79.9. The van der Waals surface area contributed by atoms with E-state index in [0.29, 0.717) is 13.2 Å². The third-order valence-electron chi connectivity index (χ3n) is 4.23. The van der Waals surface area contributed by atoms with Crippen molar-refractivity contribution in [2.24, 2.45) is 11.1 Å². The minimum absolute atomic E-state index is 0. The Labute approximate surface area is 140 Å². The molecule has 1 unspecified atom stereocenters. The van der Waals surface area contributed by atoms with E-state index in [1.165, 1.54) is 12.0 Å². The molecule has 0 saturated carbocycles. The zero-order valence-corrected chi connectivity index (χ0v) is 14.6. The number of hydrogen-bond donors (Lipinski definition) is 1. The van der Waals surface area contributed by atoms with Crippen LogP contribution in [0.3, 0.4) is 0 Å². The number of ether oxygens (including phenoxy) is 2. The Morgan fingerprint density at radius 2 is 1.95 bits per heavy atom. The van der Waals surface area contributed by atoms with Crippen molar-refractivity contribution in [3.8, 4) is 11.5 Å². The van der Waals surface area contributed by atoms with Crippen LogP contribution in [0.25, 0.3) is 0 Å². The summed E-state index contributed by atoms with van der Waals surface area (Å²) in [6, 6.07) is 4.11. The number of likely N-dealkylation sites (tertiary alicyclic amines) is 1. The lowest BCUT2D eigenvalue weighted by molar-refractivity contribution is 0.171. The Kier molecular flexibility index (Phi) is 5.41. The minimum Gasteiger partial charge on any atom is -0.486 e. The van der Waals surface area contributed by atoms with Crippen molar-refractivity contribution in [3.05, 3.63) is 22.2 Å². The molecule has 118 valence electrons. The van der Waals surface area contributed by atoms with Crippen LogP contribution < -0.4 is 15.2 Å². The van der Waals surface area contributed by atoms with E-state index in [1.807, 2.05) is 6.07 Å². The van der Waals surface area contributed by atoms with Gasteiger partial charge in [-0.2, -0.15) is 0 Å². The number of benzene rings is 1. The molecule has 6 heteroatoms. The van der Waals surface area contributed by atoms with E-state index in [9.17, 15) is 0 Å². The molecule has 4 nitrogen and oxygen atoms in total. The maximum atomic E-state index is 5.87. The first-order valence-electron chi connectivity index (χ1n) is 7.10. The Morgan fingerprint density at radius 3 is 2.57 bits per heavy atom. The van der Waals surface area contributed by atoms with Crippen LogP contribution in [0.4, 0.5) is 0 Å². The van der Waals surface area contributed by atoms with Gasteiger partial charge in [-0.3, -0.25) is 4.90 Å². The summed E-state index contributed by atoms with van der Waals surface area (Å²) < 4.78 is 12.3. The van der Waals surface area contributed by atoms with Crippen LogP contribution in [0.5, 0.6) is 11.5 Å². The first-order chi connectivity index (χ1) is 9.59. The number of halogens is 2. The maximum absolute atomic E-state index is 5.87. The molecule has 1 saturated heterocycles. The topological polar surface area (TPSA) is 47.7 Å². The van der Waals surface area contributed by atoms with Gasteiger partial charge in [0.1, 0.15) is 13.2 Å². The van der Waals surface area contributed by atoms with Crippen LogP contribution in [0.2, 0.25) is 0 Å². The van der Waals surface area contributed by atoms with Gasteiger partial charge in [0.25, 0.3) is 0 Å². The van der Waals surface area contributed by atoms with Gasteiger partial charge in [0.2, 0.25) is 0 Å². The summed E-state index contributed by atoms with van der Waals surface area (Å²) in [7, 11) is 0. The van der Waals surface area contributed by atoms with Crippen molar-refractivity contribution < 1.29 is 9.47 Å². The molecule has 2 heterocycles. The zero-order valence-electron chi connectivity index (χ0n) is 12.2. The van der Waals surface area contributed by atoms with E-state index >= 15 is 0 Å². The van der Waals surface area contributed by atoms with Gasteiger partial charge in [-0.15, -0.1) is 12.4 Å². The lowest BCUT2D eigenvalue weighted by Gasteiger charge is -2.24. The standard InChI is InChI=1S/C15H21BrN2O2.ClH/c1-15(9-17)2-3-18(10-15)8-11-6-13-14(7-12(11)16)20-5-4-19-13;/h6-7H,2-5,8-10,17H2,1H3;1H. The number of nitrogens with zero attached hydrogens (tertiary/aromatic N) is 1. The van der Waals surface area contributed by atoms with Crippen molar-refractivity contribution >= 4 is 28.3 Å². The average molecular weight is 378 g/mol. The summed E-state index contributed by atoms with van der Waals surface area (Å²) in [6.45, 7) is 7.37. The molecule has 1 aromatic rings. The molecule has 2 N–H and O–H groups in total. The Bertz CT molecular complexity index is 515. The average Bonchev–Trinajstić information content (AvgIpc) is 2.82. The van der Waals surface area contributed by atoms with E-state index in [1.54, 1.807) is 0 Å². The Balaban J connectivity index is 0.00000161. The summed E-state index contributed by atoms with van der Waals surface area (Å²) in [4.78, 5) is 2.46. The Hall–Kier alpha value is -0.490. The number of fused-ring (bicyclic) bond motifs is 1. The molecule has 21 heavy (non-hydrogen) atoms. The lowest BCUT2D eigenvalue weighted by atomic mass is 9.90. The van der Waals surface area contributed by atoms with E-state index < -0.39 is 0 Å². The molecule has 1 fully saturated rings. The fourth-order valence-corrected chi connectivity index (χ4v) is 3.34. The van der Waals surface area contributed by atoms with Crippen molar-refractivity contribution in [2.45, 2.75) is 19.9 Å². The summed E-state index contributed by atoms with van der Waals surface area (Å²) in [6.07, 6.45) is 1.17. The van der Waals surface area contributed by atoms with Gasteiger partial charge in [0.15, 0.2) is 11.5 Å². The smallest absolute Gasteiger partial charge is 0.162 e. The predicted octanol–water partition coefficient (Wildman–Crippen LogP) is 2.81. The molecule has 2 aliphatic rings. The van der Waals surface area contributed by atoms with Gasteiger partial charge in [-0.25, -0.2) is 0 Å². The summed E-state index contributed by atoms with van der Waals surface area (Å²) in [5.74, 6) is 1.69. The molecular formula is C15H22BrClN2O2. The van der Waals surface area contributed by atoms with Gasteiger partial charge < -0.3 is 15.2 Å². The highest BCUT2D eigenvalue weighted by Gasteiger charge is 2.32. The molecule has 2 aliphatic heterocycles. The van der Waals surface area contributed by atoms with Crippen molar-refractivity contribution in [2.75, 3.05) is 32.8 Å². The highest BCUT2D eigenvalue weighted by molar-refractivity contribution is 9.10. The largest absolute Gasteiger partial charge is 0.486 e. The van der Waals surface area contributed by atoms with Gasteiger partial charge in [0, 0.05) is 17.6 Å². The van der Waals surface area contributed by atoms with E-state index in [4.69, 9.17) is 15.2 Å². The molecule has 0 radical (unpaired) electrons. The third kappa shape index (κ3) is 3.65. The predicted molar refractivity (Wildman–Crippen MR) is 89.4 cm³/mol.